The molecule has 0 saturated carbocycles. The first-order valence-corrected chi connectivity index (χ1v) is 12.6. The third-order valence-corrected chi connectivity index (χ3v) is 6.70. The molecule has 1 fully saturated rings. The van der Waals surface area contributed by atoms with Crippen LogP contribution in [0, 0.1) is 16.0 Å². The van der Waals surface area contributed by atoms with Crippen molar-refractivity contribution >= 4 is 34.9 Å². The van der Waals surface area contributed by atoms with E-state index in [4.69, 9.17) is 12.2 Å². The number of likely N-dealkylation sites (tertiary alicyclic amines) is 1. The van der Waals surface area contributed by atoms with Gasteiger partial charge in [-0.15, -0.1) is 0 Å². The Kier molecular flexibility index (Phi) is 8.27. The summed E-state index contributed by atoms with van der Waals surface area (Å²) in [5, 5.41) is 18.1. The Balaban J connectivity index is 1.37. The monoisotopic (exact) mass is 506 g/mol. The summed E-state index contributed by atoms with van der Waals surface area (Å²) in [6.45, 7) is 4.45. The van der Waals surface area contributed by atoms with Crippen LogP contribution in [0.1, 0.15) is 37.4 Å². The lowest BCUT2D eigenvalue weighted by Crippen LogP contribution is -2.41. The molecule has 1 aliphatic heterocycles. The van der Waals surface area contributed by atoms with Crippen LogP contribution in [0.25, 0.3) is 5.69 Å². The highest BCUT2D eigenvalue weighted by Crippen LogP contribution is 2.19. The number of thiocarbonyl (C=S) groups is 1. The number of non-ortho nitro benzene ring substituents is 1. The van der Waals surface area contributed by atoms with E-state index in [0.717, 1.165) is 48.8 Å². The van der Waals surface area contributed by atoms with Crippen molar-refractivity contribution in [3.8, 4) is 5.69 Å². The number of piperidine rings is 1. The summed E-state index contributed by atoms with van der Waals surface area (Å²) in [6.07, 6.45) is 5.23. The van der Waals surface area contributed by atoms with Gasteiger partial charge in [0.1, 0.15) is 0 Å². The minimum Gasteiger partial charge on any atom is -0.349 e. The van der Waals surface area contributed by atoms with Crippen molar-refractivity contribution in [1.82, 2.24) is 14.7 Å². The average molecular weight is 507 g/mol. The molecule has 0 unspecified atom stereocenters. The van der Waals surface area contributed by atoms with E-state index in [-0.39, 0.29) is 11.2 Å². The maximum Gasteiger partial charge on any atom is 0.280 e. The molecule has 36 heavy (non-hydrogen) atoms. The molecule has 1 aromatic heterocycles. The first-order chi connectivity index (χ1) is 17.5. The van der Waals surface area contributed by atoms with Crippen LogP contribution in [0.4, 0.5) is 11.4 Å². The third kappa shape index (κ3) is 6.06. The van der Waals surface area contributed by atoms with Gasteiger partial charge in [0, 0.05) is 49.4 Å². The van der Waals surface area contributed by atoms with E-state index in [1.165, 1.54) is 16.8 Å². The molecule has 4 rings (SSSR count). The number of benzene rings is 2. The number of para-hydroxylation sites is 1. The SMILES string of the molecule is CCCc1[nH]n(-c2ccc([N+](=O)[O-])cc2)c(=O)c1C=NCC1CCN(C(=S)Nc2ccccc2)CC1. The smallest absolute Gasteiger partial charge is 0.280 e. The average Bonchev–Trinajstić information content (AvgIpc) is 3.20. The van der Waals surface area contributed by atoms with Gasteiger partial charge in [0.2, 0.25) is 0 Å². The van der Waals surface area contributed by atoms with Crippen LogP contribution in [0.5, 0.6) is 0 Å². The number of nitro benzene ring substituents is 1. The fourth-order valence-corrected chi connectivity index (χ4v) is 4.61. The summed E-state index contributed by atoms with van der Waals surface area (Å²) in [4.78, 5) is 30.4. The van der Waals surface area contributed by atoms with E-state index in [1.54, 1.807) is 18.3 Å². The molecule has 10 heteroatoms. The number of anilines is 1. The number of nitro groups is 1. The Labute approximate surface area is 215 Å². The third-order valence-electron chi connectivity index (χ3n) is 6.33. The van der Waals surface area contributed by atoms with E-state index in [1.807, 2.05) is 37.3 Å². The molecule has 0 radical (unpaired) electrons. The Morgan fingerprint density at radius 3 is 2.53 bits per heavy atom. The van der Waals surface area contributed by atoms with E-state index in [2.05, 4.69) is 20.3 Å². The molecule has 0 aliphatic carbocycles. The molecule has 1 saturated heterocycles. The first kappa shape index (κ1) is 25.3. The second-order valence-electron chi connectivity index (χ2n) is 8.89. The molecule has 0 atom stereocenters. The summed E-state index contributed by atoms with van der Waals surface area (Å²) in [7, 11) is 0. The fraction of sp³-hybridized carbons (Fsp3) is 0.346. The molecule has 2 N–H and O–H groups in total. The predicted molar refractivity (Wildman–Crippen MR) is 146 cm³/mol. The van der Waals surface area contributed by atoms with Gasteiger partial charge in [-0.25, -0.2) is 4.68 Å². The number of aryl methyl sites for hydroxylation is 1. The molecule has 9 nitrogen and oxygen atoms in total. The number of hydrogen-bond donors (Lipinski definition) is 2. The van der Waals surface area contributed by atoms with Gasteiger partial charge in [0.25, 0.3) is 11.2 Å². The van der Waals surface area contributed by atoms with Crippen LogP contribution in [0.3, 0.4) is 0 Å². The highest BCUT2D eigenvalue weighted by atomic mass is 32.1. The highest BCUT2D eigenvalue weighted by Gasteiger charge is 2.21. The first-order valence-electron chi connectivity index (χ1n) is 12.2. The minimum absolute atomic E-state index is 0.0171. The number of H-pyrrole nitrogens is 1. The van der Waals surface area contributed by atoms with E-state index in [9.17, 15) is 14.9 Å². The fourth-order valence-electron chi connectivity index (χ4n) is 4.31. The van der Waals surface area contributed by atoms with Crippen LogP contribution in [0.2, 0.25) is 0 Å². The standard InChI is InChI=1S/C26H30N6O3S/c1-2-6-24-23(25(33)31(29-24)21-9-11-22(12-10-21)32(34)35)18-27-17-19-13-15-30(16-14-19)26(36)28-20-7-4-3-5-8-20/h3-5,7-12,18-19,29H,2,6,13-17H2,1H3,(H,28,36). The second-order valence-corrected chi connectivity index (χ2v) is 9.28. The number of aliphatic imine (C=N–C) groups is 1. The lowest BCUT2D eigenvalue weighted by molar-refractivity contribution is -0.384. The predicted octanol–water partition coefficient (Wildman–Crippen LogP) is 4.55. The van der Waals surface area contributed by atoms with E-state index >= 15 is 0 Å². The van der Waals surface area contributed by atoms with Crippen molar-refractivity contribution in [3.63, 3.8) is 0 Å². The van der Waals surface area contributed by atoms with Crippen molar-refractivity contribution in [2.75, 3.05) is 25.0 Å². The van der Waals surface area contributed by atoms with E-state index < -0.39 is 4.92 Å². The Morgan fingerprint density at radius 2 is 1.89 bits per heavy atom. The van der Waals surface area contributed by atoms with Gasteiger partial charge in [-0.2, -0.15) is 0 Å². The van der Waals surface area contributed by atoms with E-state index in [0.29, 0.717) is 30.1 Å². The van der Waals surface area contributed by atoms with Gasteiger partial charge in [-0.1, -0.05) is 31.5 Å². The van der Waals surface area contributed by atoms with Gasteiger partial charge in [0.05, 0.1) is 16.2 Å². The molecule has 1 aliphatic rings. The molecule has 2 heterocycles. The number of aromatic nitrogens is 2. The van der Waals surface area contributed by atoms with Crippen LogP contribution in [-0.4, -0.2) is 50.6 Å². The molecular formula is C26H30N6O3S. The van der Waals surface area contributed by atoms with Crippen LogP contribution in [0.15, 0.2) is 64.4 Å². The van der Waals surface area contributed by atoms with Crippen LogP contribution < -0.4 is 10.9 Å². The van der Waals surface area contributed by atoms with Crippen LogP contribution >= 0.6 is 12.2 Å². The Hall–Kier alpha value is -3.79. The highest BCUT2D eigenvalue weighted by molar-refractivity contribution is 7.80. The molecular weight excluding hydrogens is 476 g/mol. The quantitative estimate of drug-likeness (QED) is 0.201. The lowest BCUT2D eigenvalue weighted by Gasteiger charge is -2.33. The number of nitrogens with zero attached hydrogens (tertiary/aromatic N) is 4. The maximum absolute atomic E-state index is 13.1. The van der Waals surface area contributed by atoms with Crippen molar-refractivity contribution in [1.29, 1.82) is 0 Å². The van der Waals surface area contributed by atoms with Crippen LogP contribution in [-0.2, 0) is 6.42 Å². The Bertz CT molecular complexity index is 1280. The number of rotatable bonds is 8. The minimum atomic E-state index is -0.459. The summed E-state index contributed by atoms with van der Waals surface area (Å²) < 4.78 is 1.43. The normalized spacial score (nSPS) is 14.3. The van der Waals surface area contributed by atoms with Gasteiger partial charge < -0.3 is 10.2 Å². The summed E-state index contributed by atoms with van der Waals surface area (Å²) in [6, 6.07) is 15.8. The van der Waals surface area contributed by atoms with Crippen molar-refractivity contribution < 1.29 is 4.92 Å². The Morgan fingerprint density at radius 1 is 1.19 bits per heavy atom. The second kappa shape index (κ2) is 11.8. The largest absolute Gasteiger partial charge is 0.349 e. The van der Waals surface area contributed by atoms with Crippen molar-refractivity contribution in [2.45, 2.75) is 32.6 Å². The zero-order valence-electron chi connectivity index (χ0n) is 20.2. The maximum atomic E-state index is 13.1. The zero-order valence-corrected chi connectivity index (χ0v) is 21.0. The lowest BCUT2D eigenvalue weighted by atomic mass is 9.97. The molecule has 3 aromatic rings. The number of nitrogens with one attached hydrogen (secondary N) is 2. The topological polar surface area (TPSA) is 109 Å². The van der Waals surface area contributed by atoms with Gasteiger partial charge >= 0.3 is 0 Å². The summed E-state index contributed by atoms with van der Waals surface area (Å²) >= 11 is 5.57. The molecule has 2 aromatic carbocycles. The number of hydrogen-bond acceptors (Lipinski definition) is 5. The zero-order chi connectivity index (χ0) is 25.5. The summed E-state index contributed by atoms with van der Waals surface area (Å²) in [5.74, 6) is 0.433. The van der Waals surface area contributed by atoms with Crippen molar-refractivity contribution in [3.05, 3.63) is 86.3 Å². The molecule has 0 amide bonds. The molecule has 0 bridgehead atoms. The van der Waals surface area contributed by atoms with Gasteiger partial charge in [0.15, 0.2) is 5.11 Å². The number of aromatic amines is 1. The molecule has 0 spiro atoms. The van der Waals surface area contributed by atoms with Gasteiger partial charge in [-0.05, 0) is 61.7 Å². The molecule has 188 valence electrons. The summed E-state index contributed by atoms with van der Waals surface area (Å²) in [5.41, 5.74) is 2.68. The van der Waals surface area contributed by atoms with Crippen molar-refractivity contribution in [2.24, 2.45) is 10.9 Å². The van der Waals surface area contributed by atoms with Gasteiger partial charge in [-0.3, -0.25) is 25.0 Å².